The van der Waals surface area contributed by atoms with Crippen molar-refractivity contribution in [3.63, 3.8) is 0 Å². The van der Waals surface area contributed by atoms with Crippen LogP contribution in [-0.2, 0) is 0 Å². The Hall–Kier alpha value is -0.860. The van der Waals surface area contributed by atoms with E-state index in [2.05, 4.69) is 43.0 Å². The lowest BCUT2D eigenvalue weighted by molar-refractivity contribution is 0.0808. The Labute approximate surface area is 123 Å². The second kappa shape index (κ2) is 5.87. The van der Waals surface area contributed by atoms with Crippen molar-refractivity contribution in [2.75, 3.05) is 19.6 Å². The van der Waals surface area contributed by atoms with E-state index in [0.29, 0.717) is 12.0 Å². The van der Waals surface area contributed by atoms with Crippen molar-refractivity contribution in [1.29, 1.82) is 0 Å². The normalized spacial score (nSPS) is 34.8. The molecule has 2 N–H and O–H groups in total. The summed E-state index contributed by atoms with van der Waals surface area (Å²) in [6, 6.07) is 9.71. The summed E-state index contributed by atoms with van der Waals surface area (Å²) >= 11 is 0. The molecule has 2 heteroatoms. The minimum absolute atomic E-state index is 0.629. The number of likely N-dealkylation sites (tertiary alicyclic amines) is 1. The van der Waals surface area contributed by atoms with E-state index in [1.165, 1.54) is 32.4 Å². The van der Waals surface area contributed by atoms with Gasteiger partial charge in [0, 0.05) is 12.6 Å². The van der Waals surface area contributed by atoms with Crippen molar-refractivity contribution in [1.82, 2.24) is 4.90 Å². The number of nitrogens with two attached hydrogens (primary N) is 1. The second-order valence-corrected chi connectivity index (χ2v) is 6.88. The first-order valence-electron chi connectivity index (χ1n) is 8.23. The van der Waals surface area contributed by atoms with Crippen LogP contribution in [0.5, 0.6) is 0 Å². The first-order chi connectivity index (χ1) is 9.70. The van der Waals surface area contributed by atoms with Crippen LogP contribution in [0.4, 0.5) is 0 Å². The highest BCUT2D eigenvalue weighted by Gasteiger charge is 2.33. The van der Waals surface area contributed by atoms with E-state index in [0.717, 1.165) is 18.4 Å². The quantitative estimate of drug-likeness (QED) is 0.892. The molecule has 0 radical (unpaired) electrons. The number of fused-ring (bicyclic) bond motifs is 1. The van der Waals surface area contributed by atoms with E-state index in [-0.39, 0.29) is 0 Å². The first-order valence-corrected chi connectivity index (χ1v) is 8.23. The monoisotopic (exact) mass is 272 g/mol. The number of piperidine rings is 1. The van der Waals surface area contributed by atoms with Crippen molar-refractivity contribution in [2.24, 2.45) is 17.6 Å². The van der Waals surface area contributed by atoms with Gasteiger partial charge in [0.15, 0.2) is 0 Å². The Morgan fingerprint density at radius 3 is 2.60 bits per heavy atom. The fourth-order valence-electron chi connectivity index (χ4n) is 4.13. The zero-order chi connectivity index (χ0) is 14.1. The third-order valence-electron chi connectivity index (χ3n) is 5.65. The smallest absolute Gasteiger partial charge is 0.0351 e. The highest BCUT2D eigenvalue weighted by atomic mass is 15.2. The highest BCUT2D eigenvalue weighted by molar-refractivity contribution is 5.35. The molecule has 0 bridgehead atoms. The van der Waals surface area contributed by atoms with Gasteiger partial charge in [-0.15, -0.1) is 0 Å². The van der Waals surface area contributed by atoms with Gasteiger partial charge in [-0.05, 0) is 61.2 Å². The summed E-state index contributed by atoms with van der Waals surface area (Å²) in [5.74, 6) is 2.18. The molecular weight excluding hydrogens is 244 g/mol. The predicted molar refractivity (Wildman–Crippen MR) is 84.7 cm³/mol. The van der Waals surface area contributed by atoms with Crippen LogP contribution in [0.25, 0.3) is 0 Å². The summed E-state index contributed by atoms with van der Waals surface area (Å²) in [6.07, 6.45) is 3.93. The SMILES string of the molecule is CC1CCC(N2CCC(C)C(CN)C2)c2ccccc21. The molecule has 0 aromatic heterocycles. The fourth-order valence-corrected chi connectivity index (χ4v) is 4.13. The summed E-state index contributed by atoms with van der Waals surface area (Å²) in [7, 11) is 0. The Morgan fingerprint density at radius 1 is 1.10 bits per heavy atom. The van der Waals surface area contributed by atoms with Crippen molar-refractivity contribution in [3.05, 3.63) is 35.4 Å². The van der Waals surface area contributed by atoms with Gasteiger partial charge in [-0.2, -0.15) is 0 Å². The maximum Gasteiger partial charge on any atom is 0.0351 e. The minimum atomic E-state index is 0.629. The zero-order valence-electron chi connectivity index (χ0n) is 12.9. The first kappa shape index (κ1) is 14.1. The summed E-state index contributed by atoms with van der Waals surface area (Å²) in [5, 5.41) is 0. The zero-order valence-corrected chi connectivity index (χ0v) is 12.9. The lowest BCUT2D eigenvalue weighted by Crippen LogP contribution is -2.45. The van der Waals surface area contributed by atoms with Crippen LogP contribution in [0.3, 0.4) is 0 Å². The van der Waals surface area contributed by atoms with Gasteiger partial charge in [0.05, 0.1) is 0 Å². The standard InChI is InChI=1S/C18H28N2/c1-13-9-10-20(12-15(13)11-19)18-8-7-14(2)16-5-3-4-6-17(16)18/h3-6,13-15,18H,7-12,19H2,1-2H3. The van der Waals surface area contributed by atoms with Crippen LogP contribution in [0.2, 0.25) is 0 Å². The summed E-state index contributed by atoms with van der Waals surface area (Å²) in [6.45, 7) is 8.00. The molecule has 2 aliphatic rings. The van der Waals surface area contributed by atoms with Crippen LogP contribution < -0.4 is 5.73 Å². The molecule has 1 aromatic rings. The lowest BCUT2D eigenvalue weighted by Gasteiger charge is -2.44. The molecule has 1 aromatic carbocycles. The molecule has 1 saturated heterocycles. The molecule has 3 rings (SSSR count). The summed E-state index contributed by atoms with van der Waals surface area (Å²) < 4.78 is 0. The summed E-state index contributed by atoms with van der Waals surface area (Å²) in [4.78, 5) is 2.71. The van der Waals surface area contributed by atoms with Crippen LogP contribution in [0.1, 0.15) is 56.2 Å². The third kappa shape index (κ3) is 2.51. The van der Waals surface area contributed by atoms with E-state index in [1.807, 2.05) is 0 Å². The van der Waals surface area contributed by atoms with Crippen molar-refractivity contribution < 1.29 is 0 Å². The Morgan fingerprint density at radius 2 is 1.85 bits per heavy atom. The number of hydrogen-bond donors (Lipinski definition) is 1. The number of benzene rings is 1. The third-order valence-corrected chi connectivity index (χ3v) is 5.65. The molecule has 1 fully saturated rings. The molecule has 2 nitrogen and oxygen atoms in total. The molecular formula is C18H28N2. The molecule has 0 saturated carbocycles. The van der Waals surface area contributed by atoms with E-state index < -0.39 is 0 Å². The maximum absolute atomic E-state index is 5.98. The minimum Gasteiger partial charge on any atom is -0.330 e. The number of hydrogen-bond acceptors (Lipinski definition) is 2. The fraction of sp³-hybridized carbons (Fsp3) is 0.667. The van der Waals surface area contributed by atoms with E-state index in [4.69, 9.17) is 5.73 Å². The van der Waals surface area contributed by atoms with Gasteiger partial charge in [0.2, 0.25) is 0 Å². The Kier molecular flexibility index (Phi) is 4.13. The van der Waals surface area contributed by atoms with Gasteiger partial charge in [0.1, 0.15) is 0 Å². The average molecular weight is 272 g/mol. The number of nitrogens with zero attached hydrogens (tertiary/aromatic N) is 1. The molecule has 1 aliphatic heterocycles. The van der Waals surface area contributed by atoms with Crippen LogP contribution in [-0.4, -0.2) is 24.5 Å². The number of rotatable bonds is 2. The van der Waals surface area contributed by atoms with Gasteiger partial charge in [-0.25, -0.2) is 0 Å². The highest BCUT2D eigenvalue weighted by Crippen LogP contribution is 2.41. The molecule has 0 spiro atoms. The molecule has 20 heavy (non-hydrogen) atoms. The molecule has 1 heterocycles. The lowest BCUT2D eigenvalue weighted by atomic mass is 9.78. The van der Waals surface area contributed by atoms with E-state index in [9.17, 15) is 0 Å². The van der Waals surface area contributed by atoms with Gasteiger partial charge in [0.25, 0.3) is 0 Å². The molecule has 1 aliphatic carbocycles. The molecule has 4 unspecified atom stereocenters. The van der Waals surface area contributed by atoms with Crippen molar-refractivity contribution >= 4 is 0 Å². The molecule has 4 atom stereocenters. The van der Waals surface area contributed by atoms with Gasteiger partial charge in [-0.1, -0.05) is 38.1 Å². The maximum atomic E-state index is 5.98. The Balaban J connectivity index is 1.83. The summed E-state index contributed by atoms with van der Waals surface area (Å²) in [5.41, 5.74) is 9.13. The predicted octanol–water partition coefficient (Wildman–Crippen LogP) is 3.54. The van der Waals surface area contributed by atoms with E-state index >= 15 is 0 Å². The average Bonchev–Trinajstić information content (AvgIpc) is 2.49. The van der Waals surface area contributed by atoms with Gasteiger partial charge < -0.3 is 5.73 Å². The van der Waals surface area contributed by atoms with Crippen molar-refractivity contribution in [3.8, 4) is 0 Å². The van der Waals surface area contributed by atoms with Crippen LogP contribution in [0.15, 0.2) is 24.3 Å². The molecule has 0 amide bonds. The van der Waals surface area contributed by atoms with Gasteiger partial charge in [-0.3, -0.25) is 4.90 Å². The van der Waals surface area contributed by atoms with E-state index in [1.54, 1.807) is 11.1 Å². The second-order valence-electron chi connectivity index (χ2n) is 6.88. The molecule has 110 valence electrons. The Bertz CT molecular complexity index is 456. The topological polar surface area (TPSA) is 29.3 Å². The van der Waals surface area contributed by atoms with Crippen LogP contribution >= 0.6 is 0 Å². The van der Waals surface area contributed by atoms with Crippen LogP contribution in [0, 0.1) is 11.8 Å². The van der Waals surface area contributed by atoms with Gasteiger partial charge >= 0.3 is 0 Å². The van der Waals surface area contributed by atoms with Crippen molar-refractivity contribution in [2.45, 2.75) is 45.1 Å². The largest absolute Gasteiger partial charge is 0.330 e.